The van der Waals surface area contributed by atoms with Crippen LogP contribution < -0.4 is 11.2 Å². The van der Waals surface area contributed by atoms with Crippen molar-refractivity contribution in [2.75, 3.05) is 0 Å². The third-order valence-electron chi connectivity index (χ3n) is 2.35. The average Bonchev–Trinajstić information content (AvgIpc) is 2.39. The van der Waals surface area contributed by atoms with Gasteiger partial charge in [0.05, 0.1) is 5.71 Å². The number of carbonyl (C=O) groups is 1. The molecule has 0 saturated heterocycles. The topological polar surface area (TPSA) is 67.5 Å². The lowest BCUT2D eigenvalue weighted by Gasteiger charge is -2.19. The van der Waals surface area contributed by atoms with Crippen LogP contribution in [0, 0.1) is 5.41 Å². The molecule has 1 unspecified atom stereocenters. The summed E-state index contributed by atoms with van der Waals surface area (Å²) in [5.41, 5.74) is 8.99. The standard InChI is InChI=1S/C10H15N3O/c1-4-10(3)6-7(2)5-8(10)12-13-9(11)14/h4-5H,1,6H2,2-3H3,(H3,11,13,14)/b12-8-. The Morgan fingerprint density at radius 3 is 3.00 bits per heavy atom. The van der Waals surface area contributed by atoms with E-state index in [4.69, 9.17) is 5.73 Å². The normalized spacial score (nSPS) is 28.7. The van der Waals surface area contributed by atoms with Crippen molar-refractivity contribution in [2.45, 2.75) is 20.3 Å². The Balaban J connectivity index is 2.89. The predicted octanol–water partition coefficient (Wildman–Crippen LogP) is 1.55. The SMILES string of the molecule is C=CC1(C)CC(C)=C/C1=N/NC(N)=O. The van der Waals surface area contributed by atoms with E-state index in [0.29, 0.717) is 0 Å². The lowest BCUT2D eigenvalue weighted by Crippen LogP contribution is -2.28. The summed E-state index contributed by atoms with van der Waals surface area (Å²) < 4.78 is 0. The van der Waals surface area contributed by atoms with Crippen molar-refractivity contribution in [2.24, 2.45) is 16.3 Å². The highest BCUT2D eigenvalue weighted by Crippen LogP contribution is 2.35. The number of hydrogen-bond donors (Lipinski definition) is 2. The second-order valence-electron chi connectivity index (χ2n) is 3.76. The van der Waals surface area contributed by atoms with Crippen LogP contribution in [0.2, 0.25) is 0 Å². The average molecular weight is 193 g/mol. The van der Waals surface area contributed by atoms with E-state index in [-0.39, 0.29) is 5.41 Å². The fourth-order valence-corrected chi connectivity index (χ4v) is 1.57. The number of hydrazone groups is 1. The molecule has 4 heteroatoms. The molecule has 0 aromatic heterocycles. The molecule has 0 aromatic rings. The van der Waals surface area contributed by atoms with Crippen molar-refractivity contribution in [1.29, 1.82) is 0 Å². The minimum atomic E-state index is -0.651. The number of allylic oxidation sites excluding steroid dienone is 3. The lowest BCUT2D eigenvalue weighted by molar-refractivity contribution is 0.249. The lowest BCUT2D eigenvalue weighted by atomic mass is 9.86. The Morgan fingerprint density at radius 1 is 1.86 bits per heavy atom. The van der Waals surface area contributed by atoms with Crippen LogP contribution in [0.5, 0.6) is 0 Å². The van der Waals surface area contributed by atoms with Gasteiger partial charge in [-0.3, -0.25) is 0 Å². The Labute approximate surface area is 83.6 Å². The molecular formula is C10H15N3O. The van der Waals surface area contributed by atoms with E-state index in [1.54, 1.807) is 0 Å². The van der Waals surface area contributed by atoms with Crippen molar-refractivity contribution in [3.63, 3.8) is 0 Å². The fraction of sp³-hybridized carbons (Fsp3) is 0.400. The molecule has 0 spiro atoms. The summed E-state index contributed by atoms with van der Waals surface area (Å²) >= 11 is 0. The first-order valence-corrected chi connectivity index (χ1v) is 4.42. The number of nitrogens with zero attached hydrogens (tertiary/aromatic N) is 1. The number of primary amides is 1. The van der Waals surface area contributed by atoms with Crippen LogP contribution in [-0.4, -0.2) is 11.7 Å². The number of rotatable bonds is 2. The van der Waals surface area contributed by atoms with Gasteiger partial charge in [0.1, 0.15) is 0 Å². The number of amides is 2. The zero-order chi connectivity index (χ0) is 10.8. The number of urea groups is 1. The molecule has 4 nitrogen and oxygen atoms in total. The summed E-state index contributed by atoms with van der Waals surface area (Å²) in [7, 11) is 0. The molecule has 0 fully saturated rings. The molecule has 1 rings (SSSR count). The van der Waals surface area contributed by atoms with Crippen LogP contribution in [0.3, 0.4) is 0 Å². The quantitative estimate of drug-likeness (QED) is 0.507. The number of nitrogens with two attached hydrogens (primary N) is 1. The molecule has 14 heavy (non-hydrogen) atoms. The van der Waals surface area contributed by atoms with Crippen LogP contribution >= 0.6 is 0 Å². The van der Waals surface area contributed by atoms with Crippen LogP contribution in [0.25, 0.3) is 0 Å². The van der Waals surface area contributed by atoms with Gasteiger partial charge in [0.2, 0.25) is 0 Å². The van der Waals surface area contributed by atoms with E-state index >= 15 is 0 Å². The number of carbonyl (C=O) groups excluding carboxylic acids is 1. The van der Waals surface area contributed by atoms with Crippen molar-refractivity contribution in [3.05, 3.63) is 24.3 Å². The van der Waals surface area contributed by atoms with Crippen LogP contribution in [-0.2, 0) is 0 Å². The third-order valence-corrected chi connectivity index (χ3v) is 2.35. The van der Waals surface area contributed by atoms with Gasteiger partial charge in [-0.15, -0.1) is 6.58 Å². The maximum atomic E-state index is 10.5. The molecule has 76 valence electrons. The van der Waals surface area contributed by atoms with Crippen LogP contribution in [0.4, 0.5) is 4.79 Å². The van der Waals surface area contributed by atoms with Gasteiger partial charge in [0.15, 0.2) is 0 Å². The van der Waals surface area contributed by atoms with Crippen molar-refractivity contribution in [3.8, 4) is 0 Å². The van der Waals surface area contributed by atoms with Gasteiger partial charge in [0.25, 0.3) is 0 Å². The maximum Gasteiger partial charge on any atom is 0.332 e. The molecule has 0 aromatic carbocycles. The monoisotopic (exact) mass is 193 g/mol. The summed E-state index contributed by atoms with van der Waals surface area (Å²) in [6, 6.07) is -0.651. The first-order chi connectivity index (χ1) is 6.48. The zero-order valence-electron chi connectivity index (χ0n) is 8.50. The Morgan fingerprint density at radius 2 is 2.50 bits per heavy atom. The molecule has 3 N–H and O–H groups in total. The molecule has 0 aliphatic heterocycles. The molecular weight excluding hydrogens is 178 g/mol. The molecule has 1 aliphatic rings. The molecule has 2 amide bonds. The van der Waals surface area contributed by atoms with E-state index in [9.17, 15) is 4.79 Å². The molecule has 0 saturated carbocycles. The van der Waals surface area contributed by atoms with E-state index in [1.165, 1.54) is 5.57 Å². The minimum absolute atomic E-state index is 0.188. The smallest absolute Gasteiger partial charge is 0.332 e. The first-order valence-electron chi connectivity index (χ1n) is 4.42. The van der Waals surface area contributed by atoms with Gasteiger partial charge in [-0.2, -0.15) is 5.10 Å². The van der Waals surface area contributed by atoms with Crippen LogP contribution in [0.1, 0.15) is 20.3 Å². The zero-order valence-corrected chi connectivity index (χ0v) is 8.50. The van der Waals surface area contributed by atoms with Crippen molar-refractivity contribution >= 4 is 11.7 Å². The Hall–Kier alpha value is -1.58. The maximum absolute atomic E-state index is 10.5. The van der Waals surface area contributed by atoms with Crippen LogP contribution in [0.15, 0.2) is 29.4 Å². The van der Waals surface area contributed by atoms with Gasteiger partial charge in [-0.1, -0.05) is 18.6 Å². The van der Waals surface area contributed by atoms with Crippen molar-refractivity contribution in [1.82, 2.24) is 5.43 Å². The summed E-state index contributed by atoms with van der Waals surface area (Å²) in [6.07, 6.45) is 4.66. The molecule has 0 radical (unpaired) electrons. The molecule has 0 heterocycles. The van der Waals surface area contributed by atoms with Gasteiger partial charge < -0.3 is 5.73 Å². The minimum Gasteiger partial charge on any atom is -0.350 e. The summed E-state index contributed by atoms with van der Waals surface area (Å²) in [5, 5.41) is 3.94. The van der Waals surface area contributed by atoms with Gasteiger partial charge in [-0.05, 0) is 19.4 Å². The van der Waals surface area contributed by atoms with E-state index < -0.39 is 6.03 Å². The van der Waals surface area contributed by atoms with Gasteiger partial charge >= 0.3 is 6.03 Å². The van der Waals surface area contributed by atoms with Crippen molar-refractivity contribution < 1.29 is 4.79 Å². The highest BCUT2D eigenvalue weighted by atomic mass is 16.2. The van der Waals surface area contributed by atoms with E-state index in [1.807, 2.05) is 26.0 Å². The third kappa shape index (κ3) is 2.02. The van der Waals surface area contributed by atoms with E-state index in [0.717, 1.165) is 12.1 Å². The summed E-state index contributed by atoms with van der Waals surface area (Å²) in [4.78, 5) is 10.5. The summed E-state index contributed by atoms with van der Waals surface area (Å²) in [6.45, 7) is 7.81. The Kier molecular flexibility index (Phi) is 2.74. The van der Waals surface area contributed by atoms with Gasteiger partial charge in [0, 0.05) is 5.41 Å². The molecule has 0 bridgehead atoms. The first kappa shape index (κ1) is 10.5. The second-order valence-corrected chi connectivity index (χ2v) is 3.76. The second kappa shape index (κ2) is 3.65. The van der Waals surface area contributed by atoms with Gasteiger partial charge in [-0.25, -0.2) is 10.2 Å². The molecule has 1 aliphatic carbocycles. The van der Waals surface area contributed by atoms with E-state index in [2.05, 4.69) is 17.1 Å². The Bertz CT molecular complexity index is 330. The number of nitrogens with one attached hydrogen (secondary N) is 1. The largest absolute Gasteiger partial charge is 0.350 e. The fourth-order valence-electron chi connectivity index (χ4n) is 1.57. The predicted molar refractivity (Wildman–Crippen MR) is 56.8 cm³/mol. The molecule has 1 atom stereocenters. The number of hydrogen-bond acceptors (Lipinski definition) is 2. The highest BCUT2D eigenvalue weighted by molar-refractivity contribution is 6.04. The highest BCUT2D eigenvalue weighted by Gasteiger charge is 2.31. The summed E-state index contributed by atoms with van der Waals surface area (Å²) in [5.74, 6) is 0.